The molecule has 145 heavy (non-hydrogen) atoms. The number of hydrogen-bond donors (Lipinski definition) is 1. The second-order valence-electron chi connectivity index (χ2n) is 33.9. The molecule has 0 radical (unpaired) electrons. The summed E-state index contributed by atoms with van der Waals surface area (Å²) in [7, 11) is 2.45. The maximum absolute atomic E-state index is 13.9. The normalized spacial score (nSPS) is 17.0. The third kappa shape index (κ3) is 20.2. The van der Waals surface area contributed by atoms with Gasteiger partial charge in [-0.05, 0) is 154 Å². The van der Waals surface area contributed by atoms with Crippen LogP contribution in [0.2, 0.25) is 0 Å². The average Bonchev–Trinajstić information content (AvgIpc) is 0.738. The summed E-state index contributed by atoms with van der Waals surface area (Å²) in [6.07, 6.45) is 2.30. The summed E-state index contributed by atoms with van der Waals surface area (Å²) in [6, 6.07) is 58.9. The van der Waals surface area contributed by atoms with Gasteiger partial charge >= 0.3 is 6.16 Å². The van der Waals surface area contributed by atoms with Crippen LogP contribution in [0.5, 0.6) is 23.0 Å². The second-order valence-corrected chi connectivity index (χ2v) is 33.9. The fraction of sp³-hybridized carbons (Fsp3) is 0.229. The van der Waals surface area contributed by atoms with Crippen molar-refractivity contribution in [3.05, 3.63) is 446 Å². The van der Waals surface area contributed by atoms with Crippen LogP contribution in [-0.2, 0) is 39.8 Å². The van der Waals surface area contributed by atoms with Crippen LogP contribution in [0.15, 0.2) is 305 Å². The highest BCUT2D eigenvalue weighted by Crippen LogP contribution is 2.43. The van der Waals surface area contributed by atoms with E-state index in [2.05, 4.69) is 11.3 Å². The Morgan fingerprint density at radius 2 is 0.593 bits per heavy atom. The van der Waals surface area contributed by atoms with Crippen LogP contribution in [0.25, 0.3) is 0 Å². The summed E-state index contributed by atoms with van der Waals surface area (Å²) in [5.74, 6) is -6.55. The lowest BCUT2D eigenvalue weighted by atomic mass is 9.96. The Labute approximate surface area is 820 Å². The molecule has 0 unspecified atom stereocenters. The molecule has 8 aliphatic rings. The molecule has 1 N–H and O–H groups in total. The lowest BCUT2D eigenvalue weighted by Gasteiger charge is -2.51. The van der Waals surface area contributed by atoms with E-state index in [1.807, 2.05) is 40.3 Å². The molecule has 0 saturated carbocycles. The number of benzene rings is 9. The Bertz CT molecular complexity index is 7050. The van der Waals surface area contributed by atoms with Crippen molar-refractivity contribution in [1.29, 1.82) is 0 Å². The maximum Gasteiger partial charge on any atom is 0.513 e. The molecule has 12 heterocycles. The van der Waals surface area contributed by atoms with E-state index in [1.165, 1.54) is 171 Å². The third-order valence-electron chi connectivity index (χ3n) is 25.4. The molecule has 0 spiro atoms. The first kappa shape index (κ1) is 98.3. The zero-order chi connectivity index (χ0) is 102. The molecule has 4 amide bonds. The molecule has 13 aromatic rings. The van der Waals surface area contributed by atoms with Crippen LogP contribution in [0.3, 0.4) is 0 Å². The number of hydrogen-bond acceptors (Lipinski definition) is 24. The molecular weight excluding hydrogens is 1900 g/mol. The lowest BCUT2D eigenvalue weighted by molar-refractivity contribution is -0.0237. The minimum absolute atomic E-state index is 0.0171. The minimum atomic E-state index is -1.15. The SMILES string of the molecule is C=C(OC)OCOc1c2n(ccc1=O)N(C(c1ccc(F)cc1)c1ccc(F)cc1)[C@@H]1COCCN1C2=O.COC(=O)Oc1c2n(ccc1=O)N(C(c1ccc(F)cc1)c1ccc(F)cc1)[C@@H]1COCCN1C2=O.O=C1c2c(O)c(=O)ccn2N(C(c2ccc(F)cc2)c2ccc(F)cc2)[C@@H]2COCCN12.O=C1c2c(OCc3ccccc3)c(=O)ccn2N(C(c2ccc(F)cc2)c2ccc(F)cc2)[C@@H]2COCCN12. The van der Waals surface area contributed by atoms with E-state index in [9.17, 15) is 83.4 Å². The maximum atomic E-state index is 13.9. The molecule has 9 aromatic carbocycles. The fourth-order valence-corrected chi connectivity index (χ4v) is 18.7. The molecule has 32 nitrogen and oxygen atoms in total. The number of carbonyl (C=O) groups is 5. The van der Waals surface area contributed by atoms with Crippen molar-refractivity contribution in [3.63, 3.8) is 0 Å². The van der Waals surface area contributed by atoms with Crippen molar-refractivity contribution >= 4 is 29.8 Å². The molecule has 0 bridgehead atoms. The number of morpholine rings is 4. The van der Waals surface area contributed by atoms with E-state index in [0.29, 0.717) is 70.9 Å². The average molecular weight is 1990 g/mol. The highest BCUT2D eigenvalue weighted by atomic mass is 19.2. The van der Waals surface area contributed by atoms with Gasteiger partial charge in [-0.2, -0.15) is 0 Å². The first-order valence-corrected chi connectivity index (χ1v) is 45.6. The number of rotatable bonds is 21. The van der Waals surface area contributed by atoms with Gasteiger partial charge in [-0.15, -0.1) is 0 Å². The number of carbonyl (C=O) groups excluding carboxylic acids is 5. The number of aromatic hydroxyl groups is 1. The zero-order valence-electron chi connectivity index (χ0n) is 77.3. The van der Waals surface area contributed by atoms with E-state index >= 15 is 0 Å². The van der Waals surface area contributed by atoms with E-state index in [-0.39, 0.29) is 105 Å². The van der Waals surface area contributed by atoms with Crippen molar-refractivity contribution in [2.75, 3.05) is 120 Å². The Kier molecular flexibility index (Phi) is 29.1. The van der Waals surface area contributed by atoms with Crippen LogP contribution >= 0.6 is 0 Å². The number of pyridine rings is 4. The summed E-state index contributed by atoms with van der Waals surface area (Å²) in [6.45, 7) is 6.16. The Balaban J connectivity index is 0.000000127. The van der Waals surface area contributed by atoms with Gasteiger partial charge in [-0.25, -0.2) is 39.9 Å². The highest BCUT2D eigenvalue weighted by Gasteiger charge is 2.51. The van der Waals surface area contributed by atoms with Gasteiger partial charge in [0.2, 0.25) is 40.0 Å². The lowest BCUT2D eigenvalue weighted by Crippen LogP contribution is -2.66. The topological polar surface area (TPSA) is 312 Å². The number of amides is 4. The van der Waals surface area contributed by atoms with Crippen LogP contribution in [0, 0.1) is 46.5 Å². The van der Waals surface area contributed by atoms with Gasteiger partial charge in [0.15, 0.2) is 34.3 Å². The zero-order valence-corrected chi connectivity index (χ0v) is 77.3. The predicted molar refractivity (Wildman–Crippen MR) is 505 cm³/mol. The van der Waals surface area contributed by atoms with Crippen LogP contribution in [0.4, 0.5) is 39.9 Å². The van der Waals surface area contributed by atoms with Crippen molar-refractivity contribution < 1.29 is 112 Å². The van der Waals surface area contributed by atoms with E-state index in [0.717, 1.165) is 18.7 Å². The van der Waals surface area contributed by atoms with Crippen molar-refractivity contribution in [2.45, 2.75) is 55.4 Å². The largest absolute Gasteiger partial charge is 0.513 e. The number of halogens is 8. The molecule has 4 fully saturated rings. The molecule has 4 saturated heterocycles. The van der Waals surface area contributed by atoms with Gasteiger partial charge in [-0.1, -0.05) is 127 Å². The summed E-state index contributed by atoms with van der Waals surface area (Å²) in [5, 5.41) is 17.8. The Morgan fingerprint density at radius 3 is 0.876 bits per heavy atom. The monoisotopic (exact) mass is 1990 g/mol. The molecule has 40 heteroatoms. The highest BCUT2D eigenvalue weighted by molar-refractivity contribution is 5.99. The molecular formula is C105H90F8N12O20. The van der Waals surface area contributed by atoms with Crippen LogP contribution in [-0.4, -0.2) is 198 Å². The minimum Gasteiger partial charge on any atom is -0.502 e. The first-order valence-electron chi connectivity index (χ1n) is 45.6. The Hall–Kier alpha value is -16.9. The van der Waals surface area contributed by atoms with Crippen molar-refractivity contribution in [2.24, 2.45) is 0 Å². The number of nitrogens with zero attached hydrogens (tertiary/aromatic N) is 12. The summed E-state index contributed by atoms with van der Waals surface area (Å²) < 4.78 is 171. The number of aromatic nitrogens is 4. The molecule has 746 valence electrons. The predicted octanol–water partition coefficient (Wildman–Crippen LogP) is 12.6. The smallest absolute Gasteiger partial charge is 0.502 e. The van der Waals surface area contributed by atoms with Crippen LogP contribution in [0.1, 0.15) is 116 Å². The summed E-state index contributed by atoms with van der Waals surface area (Å²) >= 11 is 0. The van der Waals surface area contributed by atoms with Gasteiger partial charge in [0.25, 0.3) is 29.6 Å². The number of methoxy groups -OCH3 is 2. The molecule has 0 aliphatic carbocycles. The first-order chi connectivity index (χ1) is 70.2. The summed E-state index contributed by atoms with van der Waals surface area (Å²) in [4.78, 5) is 123. The molecule has 4 aromatic heterocycles. The summed E-state index contributed by atoms with van der Waals surface area (Å²) in [5.41, 5.74) is 3.62. The molecule has 4 atom stereocenters. The number of ether oxygens (including phenoxy) is 10. The van der Waals surface area contributed by atoms with Crippen molar-refractivity contribution in [3.8, 4) is 23.0 Å². The second kappa shape index (κ2) is 42.9. The van der Waals surface area contributed by atoms with E-state index in [4.69, 9.17) is 42.6 Å². The number of fused-ring (bicyclic) bond motifs is 8. The Morgan fingerprint density at radius 1 is 0.338 bits per heavy atom. The standard InChI is InChI=1S/C30H25F2N3O4.C27H25F2N3O6.C25H21F2N3O6.C23H19F2N3O4/c31-23-10-6-21(7-11-23)27(22-8-12-24(32)13-9-22)35-26-19-38-17-16-33(26)30(37)28-29(25(36)14-15-34(28)35)39-18-20-4-2-1-3-5-20;1-17(35-2)37-16-38-26-22(33)11-12-31-25(26)27(34)30-13-14-36-15-23(30)32(31)24(18-3-7-20(28)8-4-18)19-5-9-21(29)10-6-19;1-34-25(33)36-23-19(31)10-11-29-22(23)24(32)28-12-13-35-14-20(28)30(29)21(15-2-6-17(26)7-3-15)16-4-8-18(27)9-5-16;24-16-5-1-14(2-6-16)20(15-3-7-17(25)8-4-15)28-19-13-32-12-11-26(19)23(31)21-22(30)18(29)9-10-27(21)28/h1-15,26-27H,16-19H2;3-12,23-24H,1,13-16H2,2H3;2-11,20-21H,12-14H2,1H3;1-10,19-20,30H,11-13H2/t26-;23-;20-;19-/m1111/s1. The van der Waals surface area contributed by atoms with Crippen molar-refractivity contribution in [1.82, 2.24) is 38.3 Å². The molecule has 8 aliphatic heterocycles. The van der Waals surface area contributed by atoms with Gasteiger partial charge in [-0.3, -0.25) is 77.1 Å². The third-order valence-corrected chi connectivity index (χ3v) is 25.4. The van der Waals surface area contributed by atoms with E-state index < -0.39 is 159 Å². The van der Waals surface area contributed by atoms with Gasteiger partial charge in [0, 0.05) is 75.2 Å². The fourth-order valence-electron chi connectivity index (χ4n) is 18.7. The van der Waals surface area contributed by atoms with Gasteiger partial charge < -0.3 is 72.1 Å². The molecule has 21 rings (SSSR count). The van der Waals surface area contributed by atoms with Gasteiger partial charge in [0.05, 0.1) is 91.2 Å². The quantitative estimate of drug-likeness (QED) is 0.0302. The van der Waals surface area contributed by atoms with Gasteiger partial charge in [0.1, 0.15) is 77.8 Å². The van der Waals surface area contributed by atoms with E-state index in [1.54, 1.807) is 122 Å². The van der Waals surface area contributed by atoms with Crippen LogP contribution < -0.4 is 56.0 Å².